The molecule has 2 aromatic carbocycles. The van der Waals surface area contributed by atoms with E-state index in [2.05, 4.69) is 33.3 Å². The fourth-order valence-corrected chi connectivity index (χ4v) is 5.05. The largest absolute Gasteiger partial charge is 0.494 e. The van der Waals surface area contributed by atoms with Crippen LogP contribution in [0.2, 0.25) is 5.02 Å². The Balaban J connectivity index is 1.14. The molecule has 1 N–H and O–H groups in total. The van der Waals surface area contributed by atoms with E-state index in [0.29, 0.717) is 13.2 Å². The second-order valence-corrected chi connectivity index (χ2v) is 9.57. The van der Waals surface area contributed by atoms with Crippen LogP contribution in [0.3, 0.4) is 0 Å². The summed E-state index contributed by atoms with van der Waals surface area (Å²) in [5.74, 6) is 0.863. The van der Waals surface area contributed by atoms with E-state index < -0.39 is 0 Å². The first-order valence-electron chi connectivity index (χ1n) is 11.4. The first-order chi connectivity index (χ1) is 16.1. The van der Waals surface area contributed by atoms with Gasteiger partial charge in [0.25, 0.3) is 5.91 Å². The summed E-state index contributed by atoms with van der Waals surface area (Å²) in [6.45, 7) is 8.06. The Morgan fingerprint density at radius 3 is 2.52 bits per heavy atom. The molecule has 0 spiro atoms. The molecule has 1 saturated heterocycles. The third-order valence-electron chi connectivity index (χ3n) is 5.84. The Morgan fingerprint density at radius 1 is 1.06 bits per heavy atom. The summed E-state index contributed by atoms with van der Waals surface area (Å²) >= 11 is 7.82. The van der Waals surface area contributed by atoms with Crippen LogP contribution in [0.1, 0.15) is 27.2 Å². The standard InChI is InChI=1S/C26H30ClN3O2S/c1-20-11-18-33-25(20)26(31)28-12-4-17-32-22-9-7-21(8-10-22)19-29-13-15-30(16-14-29)24-6-3-2-5-23(24)27/h2-3,5-11,18H,4,12-17,19H2,1H3,(H,28,31). The van der Waals surface area contributed by atoms with Gasteiger partial charge < -0.3 is 15.0 Å². The first-order valence-corrected chi connectivity index (χ1v) is 12.6. The van der Waals surface area contributed by atoms with Crippen molar-refractivity contribution in [3.63, 3.8) is 0 Å². The maximum absolute atomic E-state index is 12.1. The van der Waals surface area contributed by atoms with Gasteiger partial charge in [-0.3, -0.25) is 9.69 Å². The number of anilines is 1. The minimum absolute atomic E-state index is 0.000414. The smallest absolute Gasteiger partial charge is 0.261 e. The normalized spacial score (nSPS) is 14.3. The number of carbonyl (C=O) groups excluding carboxylic acids is 1. The van der Waals surface area contributed by atoms with Gasteiger partial charge in [-0.05, 0) is 60.2 Å². The number of hydrogen-bond acceptors (Lipinski definition) is 5. The van der Waals surface area contributed by atoms with Crippen molar-refractivity contribution in [3.8, 4) is 5.75 Å². The van der Waals surface area contributed by atoms with Gasteiger partial charge in [-0.1, -0.05) is 35.9 Å². The Hall–Kier alpha value is -2.54. The predicted octanol–water partition coefficient (Wildman–Crippen LogP) is 5.23. The van der Waals surface area contributed by atoms with E-state index >= 15 is 0 Å². The Morgan fingerprint density at radius 2 is 1.82 bits per heavy atom. The van der Waals surface area contributed by atoms with Gasteiger partial charge in [0.15, 0.2) is 0 Å². The van der Waals surface area contributed by atoms with Crippen LogP contribution in [0, 0.1) is 6.92 Å². The molecule has 2 heterocycles. The summed E-state index contributed by atoms with van der Waals surface area (Å²) in [6, 6.07) is 18.4. The fraction of sp³-hybridized carbons (Fsp3) is 0.346. The number of aryl methyl sites for hydroxylation is 1. The molecule has 0 aliphatic carbocycles. The lowest BCUT2D eigenvalue weighted by atomic mass is 10.2. The van der Waals surface area contributed by atoms with Crippen molar-refractivity contribution in [2.24, 2.45) is 0 Å². The molecule has 0 radical (unpaired) electrons. The van der Waals surface area contributed by atoms with Crippen molar-refractivity contribution in [1.29, 1.82) is 0 Å². The topological polar surface area (TPSA) is 44.8 Å². The lowest BCUT2D eigenvalue weighted by Crippen LogP contribution is -2.46. The van der Waals surface area contributed by atoms with Crippen LogP contribution >= 0.6 is 22.9 Å². The van der Waals surface area contributed by atoms with E-state index in [9.17, 15) is 4.79 Å². The average Bonchev–Trinajstić information content (AvgIpc) is 3.27. The van der Waals surface area contributed by atoms with Gasteiger partial charge in [0.05, 0.1) is 22.2 Å². The number of rotatable bonds is 9. The highest BCUT2D eigenvalue weighted by Crippen LogP contribution is 2.26. The molecule has 1 aliphatic rings. The van der Waals surface area contributed by atoms with E-state index in [1.165, 1.54) is 16.9 Å². The lowest BCUT2D eigenvalue weighted by molar-refractivity contribution is 0.0955. The van der Waals surface area contributed by atoms with Gasteiger partial charge in [-0.15, -0.1) is 11.3 Å². The number of piperazine rings is 1. The van der Waals surface area contributed by atoms with Gasteiger partial charge in [0.1, 0.15) is 5.75 Å². The van der Waals surface area contributed by atoms with Crippen LogP contribution < -0.4 is 15.0 Å². The van der Waals surface area contributed by atoms with Gasteiger partial charge >= 0.3 is 0 Å². The molecule has 1 amide bonds. The second kappa shape index (κ2) is 11.5. The van der Waals surface area contributed by atoms with Gasteiger partial charge in [-0.25, -0.2) is 0 Å². The number of ether oxygens (including phenoxy) is 1. The van der Waals surface area contributed by atoms with Crippen molar-refractivity contribution in [2.45, 2.75) is 19.9 Å². The average molecular weight is 484 g/mol. The van der Waals surface area contributed by atoms with E-state index in [-0.39, 0.29) is 5.91 Å². The summed E-state index contributed by atoms with van der Waals surface area (Å²) in [5.41, 5.74) is 3.44. The molecule has 1 aromatic heterocycles. The van der Waals surface area contributed by atoms with Crippen molar-refractivity contribution >= 4 is 34.5 Å². The SMILES string of the molecule is Cc1ccsc1C(=O)NCCCOc1ccc(CN2CCN(c3ccccc3Cl)CC2)cc1. The fourth-order valence-electron chi connectivity index (χ4n) is 3.95. The Labute approximate surface area is 204 Å². The van der Waals surface area contributed by atoms with Crippen molar-refractivity contribution < 1.29 is 9.53 Å². The van der Waals surface area contributed by atoms with Gasteiger partial charge in [0, 0.05) is 39.3 Å². The maximum Gasteiger partial charge on any atom is 0.261 e. The van der Waals surface area contributed by atoms with Gasteiger partial charge in [0.2, 0.25) is 0 Å². The Bertz CT molecular complexity index is 1050. The summed E-state index contributed by atoms with van der Waals surface area (Å²) < 4.78 is 5.84. The number of nitrogens with zero attached hydrogens (tertiary/aromatic N) is 2. The summed E-state index contributed by atoms with van der Waals surface area (Å²) in [7, 11) is 0. The van der Waals surface area contributed by atoms with Crippen LogP contribution in [0.25, 0.3) is 0 Å². The third kappa shape index (κ3) is 6.50. The van der Waals surface area contributed by atoms with Crippen LogP contribution in [0.5, 0.6) is 5.75 Å². The number of amides is 1. The number of thiophene rings is 1. The van der Waals surface area contributed by atoms with Gasteiger partial charge in [-0.2, -0.15) is 0 Å². The highest BCUT2D eigenvalue weighted by Gasteiger charge is 2.18. The molecule has 33 heavy (non-hydrogen) atoms. The van der Waals surface area contributed by atoms with E-state index in [1.54, 1.807) is 0 Å². The molecule has 7 heteroatoms. The van der Waals surface area contributed by atoms with E-state index in [0.717, 1.165) is 66.0 Å². The zero-order chi connectivity index (χ0) is 23.0. The molecular weight excluding hydrogens is 454 g/mol. The summed E-state index contributed by atoms with van der Waals surface area (Å²) in [6.07, 6.45) is 0.771. The molecular formula is C26H30ClN3O2S. The van der Waals surface area contributed by atoms with E-state index in [1.807, 2.05) is 48.7 Å². The van der Waals surface area contributed by atoms with Crippen LogP contribution in [-0.4, -0.2) is 50.1 Å². The number of hydrogen-bond donors (Lipinski definition) is 1. The molecule has 4 rings (SSSR count). The predicted molar refractivity (Wildman–Crippen MR) is 137 cm³/mol. The van der Waals surface area contributed by atoms with Crippen molar-refractivity contribution in [1.82, 2.24) is 10.2 Å². The minimum atomic E-state index is -0.000414. The number of benzene rings is 2. The molecule has 5 nitrogen and oxygen atoms in total. The summed E-state index contributed by atoms with van der Waals surface area (Å²) in [5, 5.41) is 5.72. The molecule has 1 fully saturated rings. The monoisotopic (exact) mass is 483 g/mol. The van der Waals surface area contributed by atoms with Crippen molar-refractivity contribution in [3.05, 3.63) is 81.0 Å². The zero-order valence-corrected chi connectivity index (χ0v) is 20.5. The minimum Gasteiger partial charge on any atom is -0.494 e. The quantitative estimate of drug-likeness (QED) is 0.423. The lowest BCUT2D eigenvalue weighted by Gasteiger charge is -2.36. The zero-order valence-electron chi connectivity index (χ0n) is 18.9. The van der Waals surface area contributed by atoms with Crippen LogP contribution in [0.15, 0.2) is 60.0 Å². The van der Waals surface area contributed by atoms with Crippen molar-refractivity contribution in [2.75, 3.05) is 44.2 Å². The maximum atomic E-state index is 12.1. The summed E-state index contributed by atoms with van der Waals surface area (Å²) in [4.78, 5) is 17.7. The molecule has 0 atom stereocenters. The third-order valence-corrected chi connectivity index (χ3v) is 7.17. The Kier molecular flexibility index (Phi) is 8.26. The second-order valence-electron chi connectivity index (χ2n) is 8.25. The number of para-hydroxylation sites is 1. The first kappa shape index (κ1) is 23.6. The van der Waals surface area contributed by atoms with Crippen LogP contribution in [-0.2, 0) is 6.54 Å². The number of halogens is 1. The number of carbonyl (C=O) groups is 1. The highest BCUT2D eigenvalue weighted by molar-refractivity contribution is 7.12. The molecule has 3 aromatic rings. The molecule has 0 saturated carbocycles. The van der Waals surface area contributed by atoms with E-state index in [4.69, 9.17) is 16.3 Å². The highest BCUT2D eigenvalue weighted by atomic mass is 35.5. The molecule has 0 unspecified atom stereocenters. The van der Waals surface area contributed by atoms with Crippen LogP contribution in [0.4, 0.5) is 5.69 Å². The molecule has 0 bridgehead atoms. The molecule has 174 valence electrons. The molecule has 1 aliphatic heterocycles. The number of nitrogens with one attached hydrogen (secondary N) is 1.